The van der Waals surface area contributed by atoms with Gasteiger partial charge in [0.1, 0.15) is 52.0 Å². The highest BCUT2D eigenvalue weighted by molar-refractivity contribution is 7.26. The number of pyridine rings is 6. The lowest BCUT2D eigenvalue weighted by Gasteiger charge is -2.06. The SMILES string of the molecule is C.C.C.Cc1ccccc1-c1ccc2c3cc4ccccc4cc3sc2[n+]1C.Cc1ccccc1-c1ccc2sc3ccc4ccccc4c3c2[n+]1C.[2H]C([2H])([2H])c1ccc(-c2ccc3sc4nc5cc(C)ccc5cc4c3[n+]2C)c(C)c1.[2H]C([2H])([2H])c1ccc(-c2ccc3sc4nc5ccccc5cc4c3[n+]2C)c(C)c1. The van der Waals surface area contributed by atoms with Crippen LogP contribution in [0.1, 0.15) is 69.4 Å². The zero-order valence-electron chi connectivity index (χ0n) is 64.6. The molecule has 0 aliphatic heterocycles. The summed E-state index contributed by atoms with van der Waals surface area (Å²) in [5.74, 6) is 0. The average Bonchev–Trinajstić information content (AvgIpc) is 1.59. The van der Waals surface area contributed by atoms with Gasteiger partial charge in [0, 0.05) is 80.3 Å². The normalized spacial score (nSPS) is 12.4. The Hall–Kier alpha value is -11.0. The number of rotatable bonds is 4. The summed E-state index contributed by atoms with van der Waals surface area (Å²) in [6, 6.07) is 91.0. The second-order valence-corrected chi connectivity index (χ2v) is 31.2. The standard InChI is InChI=1S/C24H21N2S.C23H19N2S.2C23H18NS.3CH4/c1-14-6-8-18(16(3)11-14)21-9-10-22-23(26(21)4)19-13-17-7-5-15(2)12-20(17)25-24(19)27-22;1-14-8-9-17(15(2)12-14)20-10-11-21-22(25(20)3)18-13-16-6-4-5-7-19(16)24-23(18)26-21;1-15-7-3-6-10-18(15)21-12-11-19-20-13-16-8-4-5-9-17(16)14-22(20)25-23(19)24(21)2;1-15-7-3-5-9-17(15)19-12-14-21-23(24(19)2)22-18-10-6-4-8-16(18)11-13-20(22)25-21;;;/h5-13H,1-4H3;4-13H,1-3H3;2*3-14H,1-2H3;3*1H4/q4*+1;;;/i2*1D3;;;;;. The van der Waals surface area contributed by atoms with E-state index in [9.17, 15) is 0 Å². The lowest BCUT2D eigenvalue weighted by molar-refractivity contribution is -0.632. The first-order chi connectivity index (χ1) is 52.5. The molecule has 20 rings (SSSR count). The molecule has 0 spiro atoms. The summed E-state index contributed by atoms with van der Waals surface area (Å²) in [6.07, 6.45) is 0. The van der Waals surface area contributed by atoms with Crippen molar-refractivity contribution in [3.63, 3.8) is 0 Å². The third-order valence-electron chi connectivity index (χ3n) is 20.4. The summed E-state index contributed by atoms with van der Waals surface area (Å²) >= 11 is 7.16. The Labute approximate surface area is 645 Å². The number of para-hydroxylation sites is 1. The predicted octanol–water partition coefficient (Wildman–Crippen LogP) is 25.7. The van der Waals surface area contributed by atoms with Gasteiger partial charge in [-0.25, -0.2) is 9.97 Å². The Balaban J connectivity index is 0.000000123. The highest BCUT2D eigenvalue weighted by Gasteiger charge is 2.26. The van der Waals surface area contributed by atoms with E-state index in [1.165, 1.54) is 111 Å². The number of nitrogens with zero attached hydrogens (tertiary/aromatic N) is 6. The monoisotopic (exact) mass is 1460 g/mol. The van der Waals surface area contributed by atoms with Crippen molar-refractivity contribution in [1.82, 2.24) is 9.97 Å². The molecule has 0 N–H and O–H groups in total. The van der Waals surface area contributed by atoms with E-state index in [0.717, 1.165) is 86.9 Å². The Morgan fingerprint density at radius 3 is 1.29 bits per heavy atom. The maximum Gasteiger partial charge on any atom is 0.270 e. The van der Waals surface area contributed by atoms with E-state index >= 15 is 0 Å². The van der Waals surface area contributed by atoms with Gasteiger partial charge < -0.3 is 0 Å². The van der Waals surface area contributed by atoms with Gasteiger partial charge in [-0.15, -0.1) is 34.0 Å². The van der Waals surface area contributed by atoms with Crippen molar-refractivity contribution in [3.8, 4) is 45.0 Å². The molecule has 10 heteroatoms. The highest BCUT2D eigenvalue weighted by atomic mass is 32.1. The quantitative estimate of drug-likeness (QED) is 0.165. The second kappa shape index (κ2) is 29.2. The van der Waals surface area contributed by atoms with Crippen molar-refractivity contribution in [2.75, 3.05) is 0 Å². The number of aromatic nitrogens is 6. The van der Waals surface area contributed by atoms with Crippen LogP contribution in [0.25, 0.3) is 170 Å². The van der Waals surface area contributed by atoms with Crippen molar-refractivity contribution in [2.45, 2.75) is 70.6 Å². The fourth-order valence-corrected chi connectivity index (χ4v) is 19.6. The molecule has 10 aromatic carbocycles. The number of benzene rings is 10. The molecule has 0 saturated heterocycles. The van der Waals surface area contributed by atoms with Gasteiger partial charge in [-0.2, -0.15) is 18.3 Å². The van der Waals surface area contributed by atoms with Gasteiger partial charge in [0.2, 0.25) is 39.3 Å². The van der Waals surface area contributed by atoms with Crippen LogP contribution in [0.15, 0.2) is 261 Å². The van der Waals surface area contributed by atoms with Crippen LogP contribution in [0.2, 0.25) is 0 Å². The van der Waals surface area contributed by atoms with Gasteiger partial charge in [0.05, 0.1) is 32.6 Å². The molecule has 6 nitrogen and oxygen atoms in total. The molecule has 0 radical (unpaired) electrons. The predicted molar refractivity (Wildman–Crippen MR) is 463 cm³/mol. The first-order valence-corrected chi connectivity index (χ1v) is 37.8. The molecule has 10 aromatic heterocycles. The minimum atomic E-state index is -2.09. The molecule has 0 saturated carbocycles. The lowest BCUT2D eigenvalue weighted by Crippen LogP contribution is -2.31. The average molecular weight is 1460 g/mol. The van der Waals surface area contributed by atoms with E-state index < -0.39 is 13.7 Å². The number of hydrogen-bond acceptors (Lipinski definition) is 6. The van der Waals surface area contributed by atoms with Crippen LogP contribution in [0.3, 0.4) is 0 Å². The van der Waals surface area contributed by atoms with E-state index in [4.69, 9.17) is 18.2 Å². The zero-order valence-corrected chi connectivity index (χ0v) is 61.9. The van der Waals surface area contributed by atoms with Gasteiger partial charge >= 0.3 is 0 Å². The molecule has 0 aliphatic carbocycles. The summed E-state index contributed by atoms with van der Waals surface area (Å²) in [6.45, 7) is 6.20. The van der Waals surface area contributed by atoms with E-state index in [1.807, 2.05) is 66.9 Å². The van der Waals surface area contributed by atoms with Crippen LogP contribution in [0.5, 0.6) is 0 Å². The molecule has 0 bridgehead atoms. The van der Waals surface area contributed by atoms with Crippen molar-refractivity contribution in [3.05, 3.63) is 300 Å². The fourth-order valence-electron chi connectivity index (χ4n) is 15.1. The molecule has 0 unspecified atom stereocenters. The molecule has 20 aromatic rings. The maximum atomic E-state index is 7.67. The first-order valence-electron chi connectivity index (χ1n) is 37.6. The fraction of sp³-hybridized carbons (Fsp3) is 0.146. The van der Waals surface area contributed by atoms with Crippen LogP contribution in [-0.2, 0) is 28.2 Å². The Bertz CT molecular complexity index is 7110. The Morgan fingerprint density at radius 2 is 0.717 bits per heavy atom. The van der Waals surface area contributed by atoms with E-state index in [1.54, 1.807) is 46.9 Å². The van der Waals surface area contributed by atoms with Crippen molar-refractivity contribution >= 4 is 170 Å². The molecule has 106 heavy (non-hydrogen) atoms. The molecular weight excluding hydrogens is 1370 g/mol. The number of hydrogen-bond donors (Lipinski definition) is 0. The van der Waals surface area contributed by atoms with E-state index in [0.29, 0.717) is 11.1 Å². The summed E-state index contributed by atoms with van der Waals surface area (Å²) in [5, 5.41) is 13.9. The smallest absolute Gasteiger partial charge is 0.237 e. The lowest BCUT2D eigenvalue weighted by atomic mass is 10.0. The summed E-state index contributed by atoms with van der Waals surface area (Å²) < 4.78 is 61.5. The zero-order chi connectivity index (χ0) is 75.5. The summed E-state index contributed by atoms with van der Waals surface area (Å²) in [5.41, 5.74) is 21.5. The van der Waals surface area contributed by atoms with Gasteiger partial charge in [-0.05, 0) is 189 Å². The van der Waals surface area contributed by atoms with Gasteiger partial charge in [-0.1, -0.05) is 190 Å². The van der Waals surface area contributed by atoms with Crippen LogP contribution >= 0.6 is 45.3 Å². The molecule has 0 atom stereocenters. The molecule has 522 valence electrons. The second-order valence-electron chi connectivity index (χ2n) is 27.0. The molecular formula is C96H88N6S4+4. The third-order valence-corrected chi connectivity index (χ3v) is 24.8. The minimum absolute atomic E-state index is 0. The molecule has 0 fully saturated rings. The molecule has 0 aliphatic rings. The third kappa shape index (κ3) is 12.8. The maximum absolute atomic E-state index is 7.67. The van der Waals surface area contributed by atoms with Gasteiger partial charge in [0.25, 0.3) is 4.83 Å². The van der Waals surface area contributed by atoms with Crippen molar-refractivity contribution in [2.24, 2.45) is 28.2 Å². The molecule has 0 amide bonds. The summed E-state index contributed by atoms with van der Waals surface area (Å²) in [4.78, 5) is 13.2. The first kappa shape index (κ1) is 64.6. The number of fused-ring (bicyclic) bond motifs is 17. The van der Waals surface area contributed by atoms with Crippen molar-refractivity contribution in [1.29, 1.82) is 0 Å². The topological polar surface area (TPSA) is 41.3 Å². The van der Waals surface area contributed by atoms with E-state index in [-0.39, 0.29) is 22.3 Å². The van der Waals surface area contributed by atoms with Gasteiger partial charge in [0.15, 0.2) is 0 Å². The van der Waals surface area contributed by atoms with Crippen LogP contribution in [0.4, 0.5) is 0 Å². The Kier molecular flexibility index (Phi) is 17.8. The minimum Gasteiger partial charge on any atom is -0.237 e. The number of aryl methyl sites for hydroxylation is 11. The largest absolute Gasteiger partial charge is 0.270 e. The highest BCUT2D eigenvalue weighted by Crippen LogP contribution is 2.41. The summed E-state index contributed by atoms with van der Waals surface area (Å²) in [7, 11) is 8.51. The van der Waals surface area contributed by atoms with Crippen molar-refractivity contribution < 1.29 is 26.5 Å². The van der Waals surface area contributed by atoms with Crippen LogP contribution < -0.4 is 18.3 Å². The van der Waals surface area contributed by atoms with E-state index in [2.05, 4.69) is 273 Å². The number of thiophene rings is 4. The van der Waals surface area contributed by atoms with Crippen LogP contribution in [-0.4, -0.2) is 9.97 Å². The Morgan fingerprint density at radius 1 is 0.283 bits per heavy atom. The molecule has 10 heterocycles. The van der Waals surface area contributed by atoms with Gasteiger partial charge in [-0.3, -0.25) is 0 Å². The van der Waals surface area contributed by atoms with Crippen LogP contribution in [0, 0.1) is 48.3 Å².